The Labute approximate surface area is 179 Å². The van der Waals surface area contributed by atoms with Crippen molar-refractivity contribution in [2.75, 3.05) is 39.5 Å². The highest BCUT2D eigenvalue weighted by atomic mass is 127. The maximum Gasteiger partial charge on any atom is 0.191 e. The normalized spacial score (nSPS) is 15.4. The summed E-state index contributed by atoms with van der Waals surface area (Å²) >= 11 is 6.18. The van der Waals surface area contributed by atoms with Crippen LogP contribution in [0.5, 0.6) is 0 Å². The van der Waals surface area contributed by atoms with Gasteiger partial charge in [0.15, 0.2) is 5.96 Å². The van der Waals surface area contributed by atoms with Crippen molar-refractivity contribution in [1.82, 2.24) is 10.6 Å². The van der Waals surface area contributed by atoms with E-state index < -0.39 is 0 Å². The second-order valence-corrected chi connectivity index (χ2v) is 6.60. The van der Waals surface area contributed by atoms with Gasteiger partial charge in [-0.25, -0.2) is 4.99 Å². The number of halogens is 2. The zero-order valence-corrected chi connectivity index (χ0v) is 18.6. The molecular weight excluding hydrogens is 465 g/mol. The summed E-state index contributed by atoms with van der Waals surface area (Å²) in [7, 11) is 0. The zero-order chi connectivity index (χ0) is 17.7. The molecule has 1 aliphatic rings. The van der Waals surface area contributed by atoms with Gasteiger partial charge in [0.25, 0.3) is 0 Å². The third kappa shape index (κ3) is 9.39. The molecule has 0 unspecified atom stereocenters. The van der Waals surface area contributed by atoms with Crippen molar-refractivity contribution >= 4 is 41.5 Å². The summed E-state index contributed by atoms with van der Waals surface area (Å²) in [5, 5.41) is 7.35. The maximum atomic E-state index is 6.18. The fraction of sp³-hybridized carbons (Fsp3) is 0.632. The minimum absolute atomic E-state index is 0. The number of nitrogens with one attached hydrogen (secondary N) is 2. The molecule has 0 saturated carbocycles. The Kier molecular flexibility index (Phi) is 13.1. The van der Waals surface area contributed by atoms with E-state index in [-0.39, 0.29) is 24.0 Å². The first-order valence-electron chi connectivity index (χ1n) is 9.20. The number of guanidine groups is 1. The van der Waals surface area contributed by atoms with Gasteiger partial charge in [-0.2, -0.15) is 0 Å². The van der Waals surface area contributed by atoms with E-state index in [4.69, 9.17) is 21.1 Å². The second-order valence-electron chi connectivity index (χ2n) is 6.20. The van der Waals surface area contributed by atoms with Crippen molar-refractivity contribution < 1.29 is 9.47 Å². The molecular formula is C19H31ClIN3O2. The van der Waals surface area contributed by atoms with Crippen LogP contribution in [0, 0.1) is 5.92 Å². The molecule has 0 radical (unpaired) electrons. The SMILES string of the molecule is CCNC(=NCc1ccccc1Cl)NCCCOCC1CCOCC1.I. The number of rotatable bonds is 9. The second kappa shape index (κ2) is 14.5. The first-order chi connectivity index (χ1) is 12.3. The molecule has 2 N–H and O–H groups in total. The lowest BCUT2D eigenvalue weighted by Crippen LogP contribution is -2.38. The molecule has 1 aromatic carbocycles. The number of aliphatic imine (C=N–C) groups is 1. The summed E-state index contributed by atoms with van der Waals surface area (Å²) in [6.07, 6.45) is 3.20. The summed E-state index contributed by atoms with van der Waals surface area (Å²) < 4.78 is 11.1. The monoisotopic (exact) mass is 495 g/mol. The van der Waals surface area contributed by atoms with Crippen LogP contribution in [-0.2, 0) is 16.0 Å². The number of hydrogen-bond acceptors (Lipinski definition) is 3. The Bertz CT molecular complexity index is 525. The Hall–Kier alpha value is -0.570. The van der Waals surface area contributed by atoms with E-state index in [1.807, 2.05) is 24.3 Å². The van der Waals surface area contributed by atoms with E-state index in [2.05, 4.69) is 22.5 Å². The molecule has 5 nitrogen and oxygen atoms in total. The summed E-state index contributed by atoms with van der Waals surface area (Å²) in [5.41, 5.74) is 1.03. The Balaban J connectivity index is 0.00000338. The van der Waals surface area contributed by atoms with Crippen LogP contribution in [0.25, 0.3) is 0 Å². The highest BCUT2D eigenvalue weighted by Gasteiger charge is 2.13. The number of benzene rings is 1. The van der Waals surface area contributed by atoms with Gasteiger partial charge in [-0.3, -0.25) is 0 Å². The fourth-order valence-electron chi connectivity index (χ4n) is 2.68. The van der Waals surface area contributed by atoms with Crippen molar-refractivity contribution in [2.45, 2.75) is 32.7 Å². The van der Waals surface area contributed by atoms with Crippen molar-refractivity contribution in [3.05, 3.63) is 34.9 Å². The van der Waals surface area contributed by atoms with E-state index in [1.165, 1.54) is 0 Å². The van der Waals surface area contributed by atoms with Gasteiger partial charge in [-0.1, -0.05) is 29.8 Å². The lowest BCUT2D eigenvalue weighted by molar-refractivity contribution is 0.0203. The Morgan fingerprint density at radius 2 is 2.04 bits per heavy atom. The van der Waals surface area contributed by atoms with Crippen LogP contribution >= 0.6 is 35.6 Å². The lowest BCUT2D eigenvalue weighted by atomic mass is 10.0. The summed E-state index contributed by atoms with van der Waals surface area (Å²) in [5.74, 6) is 1.48. The summed E-state index contributed by atoms with van der Waals surface area (Å²) in [6, 6.07) is 7.80. The molecule has 0 aliphatic carbocycles. The van der Waals surface area contributed by atoms with Gasteiger partial charge in [-0.05, 0) is 43.7 Å². The van der Waals surface area contributed by atoms with E-state index >= 15 is 0 Å². The van der Waals surface area contributed by atoms with Crippen LogP contribution in [0.1, 0.15) is 31.7 Å². The zero-order valence-electron chi connectivity index (χ0n) is 15.5. The van der Waals surface area contributed by atoms with Crippen molar-refractivity contribution in [2.24, 2.45) is 10.9 Å². The van der Waals surface area contributed by atoms with E-state index in [1.54, 1.807) is 0 Å². The minimum Gasteiger partial charge on any atom is -0.381 e. The van der Waals surface area contributed by atoms with Gasteiger partial charge >= 0.3 is 0 Å². The average Bonchev–Trinajstić information content (AvgIpc) is 2.64. The van der Waals surface area contributed by atoms with Crippen LogP contribution in [0.2, 0.25) is 5.02 Å². The third-order valence-corrected chi connectivity index (χ3v) is 4.53. The first kappa shape index (κ1) is 23.5. The van der Waals surface area contributed by atoms with E-state index in [0.717, 1.165) is 75.3 Å². The number of nitrogens with zero attached hydrogens (tertiary/aromatic N) is 1. The highest BCUT2D eigenvalue weighted by Crippen LogP contribution is 2.16. The van der Waals surface area contributed by atoms with Crippen LogP contribution in [-0.4, -0.2) is 45.5 Å². The maximum absolute atomic E-state index is 6.18. The molecule has 0 spiro atoms. The molecule has 7 heteroatoms. The number of hydrogen-bond donors (Lipinski definition) is 2. The minimum atomic E-state index is 0. The Morgan fingerprint density at radius 1 is 1.27 bits per heavy atom. The quantitative estimate of drug-likeness (QED) is 0.237. The summed E-state index contributed by atoms with van der Waals surface area (Å²) in [4.78, 5) is 4.59. The smallest absolute Gasteiger partial charge is 0.191 e. The number of ether oxygens (including phenoxy) is 2. The average molecular weight is 496 g/mol. The van der Waals surface area contributed by atoms with Gasteiger partial charge in [-0.15, -0.1) is 24.0 Å². The molecule has 0 bridgehead atoms. The molecule has 1 aromatic rings. The molecule has 2 rings (SSSR count). The molecule has 1 saturated heterocycles. The molecule has 148 valence electrons. The van der Waals surface area contributed by atoms with Crippen molar-refractivity contribution in [3.8, 4) is 0 Å². The van der Waals surface area contributed by atoms with Gasteiger partial charge in [0.05, 0.1) is 6.54 Å². The van der Waals surface area contributed by atoms with E-state index in [9.17, 15) is 0 Å². The molecule has 1 heterocycles. The summed E-state index contributed by atoms with van der Waals surface area (Å²) in [6.45, 7) is 7.67. The van der Waals surface area contributed by atoms with Gasteiger partial charge < -0.3 is 20.1 Å². The van der Waals surface area contributed by atoms with Crippen LogP contribution in [0.15, 0.2) is 29.3 Å². The highest BCUT2D eigenvalue weighted by molar-refractivity contribution is 14.0. The van der Waals surface area contributed by atoms with Crippen LogP contribution < -0.4 is 10.6 Å². The first-order valence-corrected chi connectivity index (χ1v) is 9.58. The lowest BCUT2D eigenvalue weighted by Gasteiger charge is -2.21. The third-order valence-electron chi connectivity index (χ3n) is 4.16. The molecule has 0 atom stereocenters. The van der Waals surface area contributed by atoms with Crippen LogP contribution in [0.4, 0.5) is 0 Å². The van der Waals surface area contributed by atoms with E-state index in [0.29, 0.717) is 12.5 Å². The van der Waals surface area contributed by atoms with Crippen molar-refractivity contribution in [1.29, 1.82) is 0 Å². The molecule has 1 fully saturated rings. The largest absolute Gasteiger partial charge is 0.381 e. The van der Waals surface area contributed by atoms with Gasteiger partial charge in [0.1, 0.15) is 0 Å². The molecule has 0 aromatic heterocycles. The molecule has 26 heavy (non-hydrogen) atoms. The molecule has 1 aliphatic heterocycles. The van der Waals surface area contributed by atoms with Gasteiger partial charge in [0.2, 0.25) is 0 Å². The standard InChI is InChI=1S/C19H30ClN3O2.HI/c1-2-21-19(23-14-17-6-3-4-7-18(17)20)22-10-5-11-25-15-16-8-12-24-13-9-16;/h3-4,6-7,16H,2,5,8-15H2,1H3,(H2,21,22,23);1H. The predicted molar refractivity (Wildman–Crippen MR) is 119 cm³/mol. The van der Waals surface area contributed by atoms with Crippen LogP contribution in [0.3, 0.4) is 0 Å². The van der Waals surface area contributed by atoms with Gasteiger partial charge in [0, 0.05) is 44.5 Å². The van der Waals surface area contributed by atoms with Crippen molar-refractivity contribution in [3.63, 3.8) is 0 Å². The topological polar surface area (TPSA) is 54.9 Å². The fourth-order valence-corrected chi connectivity index (χ4v) is 2.87. The molecule has 0 amide bonds. The predicted octanol–water partition coefficient (Wildman–Crippen LogP) is 3.85. The Morgan fingerprint density at radius 3 is 2.77 bits per heavy atom.